The summed E-state index contributed by atoms with van der Waals surface area (Å²) >= 11 is 0. The molecule has 1 unspecified atom stereocenters. The average Bonchev–Trinajstić information content (AvgIpc) is 2.16. The topological polar surface area (TPSA) is 70.2 Å². The van der Waals surface area contributed by atoms with E-state index >= 15 is 0 Å². The molecular weight excluding hydrogens is 242 g/mol. The van der Waals surface area contributed by atoms with Gasteiger partial charge in [0.25, 0.3) is 0 Å². The summed E-state index contributed by atoms with van der Waals surface area (Å²) in [6.07, 6.45) is 0.330. The van der Waals surface area contributed by atoms with Crippen LogP contribution >= 0.6 is 12.4 Å². The molecule has 0 aliphatic carbocycles. The molecule has 0 fully saturated rings. The number of amides is 2. The van der Waals surface area contributed by atoms with E-state index < -0.39 is 0 Å². The number of hydrogen-bond donors (Lipinski definition) is 3. The maximum atomic E-state index is 11.5. The van der Waals surface area contributed by atoms with E-state index in [-0.39, 0.29) is 36.2 Å². The number of hydrogen-bond acceptors (Lipinski definition) is 3. The molecule has 0 saturated heterocycles. The molecular formula is C11H24ClN3O2. The van der Waals surface area contributed by atoms with Gasteiger partial charge in [0.05, 0.1) is 0 Å². The summed E-state index contributed by atoms with van der Waals surface area (Å²) in [5, 5.41) is 8.43. The molecule has 2 amide bonds. The maximum absolute atomic E-state index is 11.5. The van der Waals surface area contributed by atoms with Gasteiger partial charge in [0.15, 0.2) is 0 Å². The third-order valence-corrected chi connectivity index (χ3v) is 2.06. The largest absolute Gasteiger partial charge is 0.355 e. The van der Waals surface area contributed by atoms with Crippen LogP contribution in [0.2, 0.25) is 0 Å². The van der Waals surface area contributed by atoms with Crippen LogP contribution in [0, 0.1) is 5.92 Å². The summed E-state index contributed by atoms with van der Waals surface area (Å²) in [5.41, 5.74) is 0. The van der Waals surface area contributed by atoms with Crippen LogP contribution in [0.25, 0.3) is 0 Å². The van der Waals surface area contributed by atoms with Crippen molar-refractivity contribution in [3.8, 4) is 0 Å². The second-order valence-electron chi connectivity index (χ2n) is 4.22. The Morgan fingerprint density at radius 1 is 1.18 bits per heavy atom. The smallest absolute Gasteiger partial charge is 0.224 e. The van der Waals surface area contributed by atoms with E-state index in [0.717, 1.165) is 0 Å². The molecule has 0 bridgehead atoms. The summed E-state index contributed by atoms with van der Waals surface area (Å²) in [4.78, 5) is 22.7. The molecule has 17 heavy (non-hydrogen) atoms. The number of carbonyl (C=O) groups is 2. The van der Waals surface area contributed by atoms with Crippen molar-refractivity contribution >= 4 is 24.2 Å². The quantitative estimate of drug-likeness (QED) is 0.620. The highest BCUT2D eigenvalue weighted by Gasteiger charge is 2.11. The fraction of sp³-hybridized carbons (Fsp3) is 0.818. The highest BCUT2D eigenvalue weighted by Crippen LogP contribution is 1.92. The van der Waals surface area contributed by atoms with Gasteiger partial charge in [0.1, 0.15) is 0 Å². The van der Waals surface area contributed by atoms with Crippen molar-refractivity contribution in [2.45, 2.75) is 33.2 Å². The lowest BCUT2D eigenvalue weighted by molar-refractivity contribution is -0.124. The zero-order valence-corrected chi connectivity index (χ0v) is 11.8. The second kappa shape index (κ2) is 10.4. The van der Waals surface area contributed by atoms with Crippen LogP contribution in [0.4, 0.5) is 0 Å². The Morgan fingerprint density at radius 3 is 2.24 bits per heavy atom. The van der Waals surface area contributed by atoms with E-state index in [0.29, 0.717) is 19.5 Å². The minimum absolute atomic E-state index is 0. The fourth-order valence-electron chi connectivity index (χ4n) is 1.27. The summed E-state index contributed by atoms with van der Waals surface area (Å²) in [7, 11) is 1.81. The highest BCUT2D eigenvalue weighted by atomic mass is 35.5. The molecule has 0 heterocycles. The molecule has 1 atom stereocenters. The van der Waals surface area contributed by atoms with Crippen LogP contribution in [-0.4, -0.2) is 38.0 Å². The van der Waals surface area contributed by atoms with Gasteiger partial charge < -0.3 is 16.0 Å². The van der Waals surface area contributed by atoms with Crippen molar-refractivity contribution in [2.24, 2.45) is 5.92 Å². The monoisotopic (exact) mass is 265 g/mol. The van der Waals surface area contributed by atoms with Gasteiger partial charge in [-0.25, -0.2) is 0 Å². The lowest BCUT2D eigenvalue weighted by Gasteiger charge is -2.12. The number of nitrogens with one attached hydrogen (secondary N) is 3. The molecule has 0 spiro atoms. The van der Waals surface area contributed by atoms with Crippen LogP contribution < -0.4 is 16.0 Å². The van der Waals surface area contributed by atoms with Crippen LogP contribution in [0.5, 0.6) is 0 Å². The molecule has 102 valence electrons. The Balaban J connectivity index is 0. The van der Waals surface area contributed by atoms with E-state index in [1.54, 1.807) is 7.05 Å². The third kappa shape index (κ3) is 10.1. The lowest BCUT2D eigenvalue weighted by atomic mass is 10.1. The van der Waals surface area contributed by atoms with Crippen molar-refractivity contribution in [3.05, 3.63) is 0 Å². The van der Waals surface area contributed by atoms with Gasteiger partial charge in [0.2, 0.25) is 11.8 Å². The Kier molecular flexibility index (Phi) is 11.3. The highest BCUT2D eigenvalue weighted by molar-refractivity contribution is 5.85. The number of rotatable bonds is 7. The predicted molar refractivity (Wildman–Crippen MR) is 71.2 cm³/mol. The van der Waals surface area contributed by atoms with Gasteiger partial charge in [0, 0.05) is 31.5 Å². The molecule has 0 saturated carbocycles. The van der Waals surface area contributed by atoms with Gasteiger partial charge in [-0.05, 0) is 20.9 Å². The minimum atomic E-state index is -0.0711. The summed E-state index contributed by atoms with van der Waals surface area (Å²) in [6.45, 7) is 6.70. The van der Waals surface area contributed by atoms with Gasteiger partial charge in [-0.2, -0.15) is 0 Å². The molecule has 6 heteroatoms. The van der Waals surface area contributed by atoms with Gasteiger partial charge in [-0.3, -0.25) is 9.59 Å². The SMILES string of the molecule is CNCC(C)C(=O)NCCC(=O)NC(C)C.Cl. The van der Waals surface area contributed by atoms with Crippen molar-refractivity contribution in [3.63, 3.8) is 0 Å². The predicted octanol–water partition coefficient (Wildman–Crippen LogP) is 0.295. The van der Waals surface area contributed by atoms with Gasteiger partial charge in [-0.15, -0.1) is 12.4 Å². The van der Waals surface area contributed by atoms with Gasteiger partial charge in [-0.1, -0.05) is 6.92 Å². The van der Waals surface area contributed by atoms with Crippen molar-refractivity contribution in [1.29, 1.82) is 0 Å². The zero-order valence-electron chi connectivity index (χ0n) is 11.0. The van der Waals surface area contributed by atoms with Crippen LogP contribution in [0.1, 0.15) is 27.2 Å². The fourth-order valence-corrected chi connectivity index (χ4v) is 1.27. The standard InChI is InChI=1S/C11H23N3O2.ClH/c1-8(2)14-10(15)5-6-13-11(16)9(3)7-12-4;/h8-9,12H,5-7H2,1-4H3,(H,13,16)(H,14,15);1H. The summed E-state index contributed by atoms with van der Waals surface area (Å²) in [5.74, 6) is -0.124. The van der Waals surface area contributed by atoms with E-state index in [1.807, 2.05) is 20.8 Å². The molecule has 0 rings (SSSR count). The molecule has 0 aromatic heterocycles. The van der Waals surface area contributed by atoms with Crippen LogP contribution in [-0.2, 0) is 9.59 Å². The molecule has 0 radical (unpaired) electrons. The molecule has 5 nitrogen and oxygen atoms in total. The third-order valence-electron chi connectivity index (χ3n) is 2.06. The van der Waals surface area contributed by atoms with Crippen molar-refractivity contribution in [2.75, 3.05) is 20.1 Å². The molecule has 0 aliphatic rings. The van der Waals surface area contributed by atoms with E-state index in [9.17, 15) is 9.59 Å². The van der Waals surface area contributed by atoms with E-state index in [1.165, 1.54) is 0 Å². The summed E-state index contributed by atoms with van der Waals surface area (Å²) < 4.78 is 0. The van der Waals surface area contributed by atoms with E-state index in [2.05, 4.69) is 16.0 Å². The first-order valence-electron chi connectivity index (χ1n) is 5.69. The van der Waals surface area contributed by atoms with E-state index in [4.69, 9.17) is 0 Å². The first-order valence-corrected chi connectivity index (χ1v) is 5.69. The molecule has 3 N–H and O–H groups in total. The Bertz CT molecular complexity index is 235. The first kappa shape index (κ1) is 18.6. The first-order chi connectivity index (χ1) is 7.47. The zero-order chi connectivity index (χ0) is 12.6. The Hall–Kier alpha value is -0.810. The number of carbonyl (C=O) groups excluding carboxylic acids is 2. The maximum Gasteiger partial charge on any atom is 0.224 e. The Morgan fingerprint density at radius 2 is 1.76 bits per heavy atom. The molecule has 0 aromatic rings. The average molecular weight is 266 g/mol. The van der Waals surface area contributed by atoms with Gasteiger partial charge >= 0.3 is 0 Å². The normalized spacial score (nSPS) is 11.6. The van der Waals surface area contributed by atoms with Crippen LogP contribution in [0.3, 0.4) is 0 Å². The Labute approximate surface area is 110 Å². The minimum Gasteiger partial charge on any atom is -0.355 e. The van der Waals surface area contributed by atoms with Crippen molar-refractivity contribution in [1.82, 2.24) is 16.0 Å². The van der Waals surface area contributed by atoms with Crippen LogP contribution in [0.15, 0.2) is 0 Å². The second-order valence-corrected chi connectivity index (χ2v) is 4.22. The number of halogens is 1. The molecule has 0 aromatic carbocycles. The summed E-state index contributed by atoms with van der Waals surface area (Å²) in [6, 6.07) is 0.145. The lowest BCUT2D eigenvalue weighted by Crippen LogP contribution is -2.37. The van der Waals surface area contributed by atoms with Crippen molar-refractivity contribution < 1.29 is 9.59 Å². The molecule has 0 aliphatic heterocycles.